The summed E-state index contributed by atoms with van der Waals surface area (Å²) in [4.78, 5) is 21.5. The summed E-state index contributed by atoms with van der Waals surface area (Å²) in [6.07, 6.45) is 0.838. The molecule has 168 valence electrons. The van der Waals surface area contributed by atoms with Gasteiger partial charge in [0.2, 0.25) is 0 Å². The smallest absolute Gasteiger partial charge is 0.267 e. The summed E-state index contributed by atoms with van der Waals surface area (Å²) in [6.45, 7) is 1.69. The van der Waals surface area contributed by atoms with E-state index in [2.05, 4.69) is 17.3 Å². The second-order valence-corrected chi connectivity index (χ2v) is 10.3. The van der Waals surface area contributed by atoms with Gasteiger partial charge in [-0.15, -0.1) is 11.3 Å². The van der Waals surface area contributed by atoms with Crippen molar-refractivity contribution >= 4 is 73.6 Å². The quantitative estimate of drug-likeness (QED) is 0.315. The Morgan fingerprint density at radius 1 is 1.12 bits per heavy atom. The molecule has 1 aliphatic rings. The summed E-state index contributed by atoms with van der Waals surface area (Å²) in [6, 6.07) is 12.6. The van der Waals surface area contributed by atoms with Crippen LogP contribution in [0.1, 0.15) is 20.9 Å². The van der Waals surface area contributed by atoms with E-state index in [0.29, 0.717) is 31.3 Å². The number of anilines is 2. The molecule has 3 N–H and O–H groups in total. The molecule has 0 spiro atoms. The zero-order valence-electron chi connectivity index (χ0n) is 17.6. The number of likely N-dealkylation sites (N-methyl/N-ethyl adjacent to an activating group) is 1. The molecule has 0 fully saturated rings. The number of pyridine rings is 1. The summed E-state index contributed by atoms with van der Waals surface area (Å²) in [5.74, 6) is -0.314. The van der Waals surface area contributed by atoms with Gasteiger partial charge in [0.05, 0.1) is 15.7 Å². The van der Waals surface area contributed by atoms with Crippen molar-refractivity contribution in [1.82, 2.24) is 9.88 Å². The lowest BCUT2D eigenvalue weighted by Gasteiger charge is -2.27. The Balaban J connectivity index is 1.66. The minimum atomic E-state index is -0.314. The number of carbonyl (C=O) groups excluding carboxylic acids is 1. The molecule has 3 heterocycles. The summed E-state index contributed by atoms with van der Waals surface area (Å²) in [7, 11) is 2.09. The van der Waals surface area contributed by atoms with Gasteiger partial charge in [-0.1, -0.05) is 46.9 Å². The normalized spacial score (nSPS) is 13.8. The van der Waals surface area contributed by atoms with Crippen molar-refractivity contribution in [1.29, 1.82) is 0 Å². The van der Waals surface area contributed by atoms with Gasteiger partial charge >= 0.3 is 0 Å². The van der Waals surface area contributed by atoms with E-state index in [4.69, 9.17) is 45.5 Å². The van der Waals surface area contributed by atoms with Gasteiger partial charge in [0, 0.05) is 46.9 Å². The molecule has 0 bridgehead atoms. The van der Waals surface area contributed by atoms with E-state index in [1.54, 1.807) is 18.2 Å². The highest BCUT2D eigenvalue weighted by Crippen LogP contribution is 2.43. The summed E-state index contributed by atoms with van der Waals surface area (Å²) in [5.41, 5.74) is 11.8. The maximum atomic E-state index is 13.2. The zero-order chi connectivity index (χ0) is 23.3. The molecule has 9 heteroatoms. The van der Waals surface area contributed by atoms with E-state index < -0.39 is 0 Å². The standard InChI is InChI=1S/C24H19Cl3N4OS/c1-31-9-8-18-15(11-31)19(12-2-4-13(25)5-3-12)20-21(28)22(33-24(20)30-18)23(32)29-14-6-7-16(26)17(27)10-14/h2-7,10H,8-9,11,28H2,1H3,(H,29,32). The zero-order valence-corrected chi connectivity index (χ0v) is 20.7. The van der Waals surface area contributed by atoms with Crippen molar-refractivity contribution < 1.29 is 4.79 Å². The first-order valence-corrected chi connectivity index (χ1v) is 12.2. The van der Waals surface area contributed by atoms with E-state index in [9.17, 15) is 4.79 Å². The van der Waals surface area contributed by atoms with Crippen molar-refractivity contribution in [2.45, 2.75) is 13.0 Å². The number of amides is 1. The summed E-state index contributed by atoms with van der Waals surface area (Å²) >= 11 is 19.5. The van der Waals surface area contributed by atoms with Gasteiger partial charge in [0.15, 0.2) is 0 Å². The number of nitrogen functional groups attached to an aromatic ring is 1. The molecular weight excluding hydrogens is 499 g/mol. The molecule has 2 aromatic carbocycles. The molecule has 1 amide bonds. The van der Waals surface area contributed by atoms with Crippen LogP contribution in [0.3, 0.4) is 0 Å². The highest BCUT2D eigenvalue weighted by molar-refractivity contribution is 7.21. The molecule has 0 atom stereocenters. The van der Waals surface area contributed by atoms with Crippen LogP contribution >= 0.6 is 46.1 Å². The number of aromatic nitrogens is 1. The highest BCUT2D eigenvalue weighted by Gasteiger charge is 2.27. The van der Waals surface area contributed by atoms with Crippen molar-refractivity contribution in [2.75, 3.05) is 24.6 Å². The van der Waals surface area contributed by atoms with Crippen LogP contribution in [0.4, 0.5) is 11.4 Å². The van der Waals surface area contributed by atoms with Gasteiger partial charge in [-0.3, -0.25) is 4.79 Å². The van der Waals surface area contributed by atoms with Crippen LogP contribution < -0.4 is 11.1 Å². The fourth-order valence-corrected chi connectivity index (χ4v) is 5.57. The maximum Gasteiger partial charge on any atom is 0.267 e. The largest absolute Gasteiger partial charge is 0.397 e. The van der Waals surface area contributed by atoms with Crippen molar-refractivity contribution in [3.8, 4) is 11.1 Å². The Morgan fingerprint density at radius 2 is 1.88 bits per heavy atom. The van der Waals surface area contributed by atoms with Crippen molar-refractivity contribution in [2.24, 2.45) is 0 Å². The van der Waals surface area contributed by atoms with E-state index in [0.717, 1.165) is 52.1 Å². The second kappa shape index (κ2) is 8.78. The molecule has 4 aromatic rings. The first kappa shape index (κ1) is 22.4. The molecule has 5 nitrogen and oxygen atoms in total. The van der Waals surface area contributed by atoms with Gasteiger partial charge in [-0.05, 0) is 48.5 Å². The van der Waals surface area contributed by atoms with Crippen LogP contribution in [0.2, 0.25) is 15.1 Å². The third kappa shape index (κ3) is 4.18. The fraction of sp³-hybridized carbons (Fsp3) is 0.167. The number of fused-ring (bicyclic) bond motifs is 2. The molecule has 0 saturated carbocycles. The molecule has 1 aliphatic heterocycles. The third-order valence-corrected chi connectivity index (χ3v) is 7.83. The lowest BCUT2D eigenvalue weighted by atomic mass is 9.92. The Bertz CT molecular complexity index is 1400. The summed E-state index contributed by atoms with van der Waals surface area (Å²) in [5, 5.41) is 5.11. The monoisotopic (exact) mass is 516 g/mol. The number of nitrogens with one attached hydrogen (secondary N) is 1. The Labute approximate surface area is 210 Å². The van der Waals surface area contributed by atoms with Gasteiger partial charge in [-0.25, -0.2) is 4.98 Å². The SMILES string of the molecule is CN1CCc2nc3sc(C(=O)Nc4ccc(Cl)c(Cl)c4)c(N)c3c(-c3ccc(Cl)cc3)c2C1. The summed E-state index contributed by atoms with van der Waals surface area (Å²) < 4.78 is 0. The molecule has 5 rings (SSSR count). The van der Waals surface area contributed by atoms with Crippen molar-refractivity contribution in [3.63, 3.8) is 0 Å². The van der Waals surface area contributed by atoms with Crippen molar-refractivity contribution in [3.05, 3.63) is 73.7 Å². The molecule has 0 radical (unpaired) electrons. The average Bonchev–Trinajstić information content (AvgIpc) is 3.12. The number of halogens is 3. The lowest BCUT2D eigenvalue weighted by molar-refractivity contribution is 0.103. The van der Waals surface area contributed by atoms with Gasteiger partial charge in [0.25, 0.3) is 5.91 Å². The van der Waals surface area contributed by atoms with E-state index in [-0.39, 0.29) is 5.91 Å². The first-order valence-electron chi connectivity index (χ1n) is 10.3. The molecule has 2 aromatic heterocycles. The van der Waals surface area contributed by atoms with E-state index >= 15 is 0 Å². The topological polar surface area (TPSA) is 71.2 Å². The number of carbonyl (C=O) groups is 1. The molecule has 33 heavy (non-hydrogen) atoms. The van der Waals surface area contributed by atoms with Gasteiger partial charge in [-0.2, -0.15) is 0 Å². The average molecular weight is 518 g/mol. The lowest BCUT2D eigenvalue weighted by Crippen LogP contribution is -2.27. The predicted molar refractivity (Wildman–Crippen MR) is 139 cm³/mol. The Morgan fingerprint density at radius 3 is 2.61 bits per heavy atom. The van der Waals surface area contributed by atoms with Crippen LogP contribution in [0.15, 0.2) is 42.5 Å². The number of hydrogen-bond donors (Lipinski definition) is 2. The van der Waals surface area contributed by atoms with Crippen LogP contribution in [0.25, 0.3) is 21.3 Å². The number of benzene rings is 2. The predicted octanol–water partition coefficient (Wildman–Crippen LogP) is 6.75. The van der Waals surface area contributed by atoms with E-state index in [1.807, 2.05) is 24.3 Å². The number of hydrogen-bond acceptors (Lipinski definition) is 5. The van der Waals surface area contributed by atoms with Gasteiger partial charge in [0.1, 0.15) is 9.71 Å². The minimum Gasteiger partial charge on any atom is -0.397 e. The molecule has 0 aliphatic carbocycles. The first-order chi connectivity index (χ1) is 15.8. The third-order valence-electron chi connectivity index (χ3n) is 5.74. The van der Waals surface area contributed by atoms with E-state index in [1.165, 1.54) is 11.3 Å². The number of rotatable bonds is 3. The molecule has 0 unspecified atom stereocenters. The number of nitrogens with two attached hydrogens (primary N) is 1. The maximum absolute atomic E-state index is 13.2. The van der Waals surface area contributed by atoms with Crippen LogP contribution in [0.5, 0.6) is 0 Å². The number of nitrogens with zero attached hydrogens (tertiary/aromatic N) is 2. The fourth-order valence-electron chi connectivity index (χ4n) is 4.13. The van der Waals surface area contributed by atoms with Crippen LogP contribution in [-0.2, 0) is 13.0 Å². The Kier molecular flexibility index (Phi) is 5.97. The van der Waals surface area contributed by atoms with Crippen LogP contribution in [-0.4, -0.2) is 29.4 Å². The molecular formula is C24H19Cl3N4OS. The highest BCUT2D eigenvalue weighted by atomic mass is 35.5. The Hall–Kier alpha value is -2.35. The van der Waals surface area contributed by atoms with Crippen LogP contribution in [0, 0.1) is 0 Å². The second-order valence-electron chi connectivity index (χ2n) is 8.01. The number of thiophene rings is 1. The minimum absolute atomic E-state index is 0.314. The molecule has 0 saturated heterocycles. The van der Waals surface area contributed by atoms with Gasteiger partial charge < -0.3 is 16.0 Å².